The number of aromatic nitrogens is 1. The Kier molecular flexibility index (Phi) is 3.62. The van der Waals surface area contributed by atoms with E-state index >= 15 is 0 Å². The number of fused-ring (bicyclic) bond motifs is 1. The second kappa shape index (κ2) is 4.96. The van der Waals surface area contributed by atoms with Gasteiger partial charge in [-0.3, -0.25) is 4.57 Å². The molecule has 0 saturated carbocycles. The molecule has 0 fully saturated rings. The van der Waals surface area contributed by atoms with Gasteiger partial charge in [-0.05, 0) is 39.3 Å². The fourth-order valence-corrected chi connectivity index (χ4v) is 2.16. The van der Waals surface area contributed by atoms with Gasteiger partial charge in [0, 0.05) is 17.0 Å². The van der Waals surface area contributed by atoms with Gasteiger partial charge in [-0.25, -0.2) is 4.79 Å². The molecule has 2 rings (SSSR count). The first kappa shape index (κ1) is 14.6. The predicted octanol–water partition coefficient (Wildman–Crippen LogP) is 1.41. The Morgan fingerprint density at radius 3 is 2.50 bits per heavy atom. The zero-order valence-corrected chi connectivity index (χ0v) is 12.0. The molecule has 106 valence electrons. The molecule has 1 aromatic carbocycles. The van der Waals surface area contributed by atoms with Crippen LogP contribution in [0.1, 0.15) is 26.3 Å². The topological polar surface area (TPSA) is 71.7 Å². The lowest BCUT2D eigenvalue weighted by Crippen LogP contribution is -2.30. The highest BCUT2D eigenvalue weighted by Gasteiger charge is 2.25. The van der Waals surface area contributed by atoms with Gasteiger partial charge >= 0.3 is 13.2 Å². The number of hydrogen-bond donors (Lipinski definition) is 2. The maximum atomic E-state index is 12.2. The summed E-state index contributed by atoms with van der Waals surface area (Å²) in [5.74, 6) is 0. The Labute approximate surface area is 117 Å². The summed E-state index contributed by atoms with van der Waals surface area (Å²) in [5.41, 5.74) is 1.15. The summed E-state index contributed by atoms with van der Waals surface area (Å²) in [6.45, 7) is 7.20. The standard InChI is InChI=1S/C14H18BNO4/c1-9-6-5-7-11-12(9)10(15(18)19)8-16(11)13(17)20-14(2,3)4/h5-8,18-19H,1-4H3. The zero-order valence-electron chi connectivity index (χ0n) is 12.0. The number of rotatable bonds is 1. The monoisotopic (exact) mass is 275 g/mol. The lowest BCUT2D eigenvalue weighted by molar-refractivity contribution is 0.0544. The number of ether oxygens (including phenoxy) is 1. The van der Waals surface area contributed by atoms with Crippen molar-refractivity contribution in [1.82, 2.24) is 4.57 Å². The van der Waals surface area contributed by atoms with Crippen LogP contribution >= 0.6 is 0 Å². The molecule has 2 N–H and O–H groups in total. The summed E-state index contributed by atoms with van der Waals surface area (Å²) in [4.78, 5) is 12.2. The second-order valence-electron chi connectivity index (χ2n) is 5.78. The van der Waals surface area contributed by atoms with Crippen LogP contribution in [-0.4, -0.2) is 33.4 Å². The Bertz CT molecular complexity index is 655. The molecule has 0 aliphatic carbocycles. The van der Waals surface area contributed by atoms with E-state index in [1.54, 1.807) is 26.8 Å². The van der Waals surface area contributed by atoms with Crippen LogP contribution in [0.5, 0.6) is 0 Å². The Balaban J connectivity index is 2.61. The molecule has 0 spiro atoms. The summed E-state index contributed by atoms with van der Waals surface area (Å²) in [6, 6.07) is 5.41. The van der Waals surface area contributed by atoms with E-state index in [1.165, 1.54) is 10.8 Å². The number of aryl methyl sites for hydroxylation is 1. The Morgan fingerprint density at radius 1 is 1.30 bits per heavy atom. The van der Waals surface area contributed by atoms with Crippen molar-refractivity contribution in [1.29, 1.82) is 0 Å². The molecular weight excluding hydrogens is 257 g/mol. The fourth-order valence-electron chi connectivity index (χ4n) is 2.16. The number of hydrogen-bond acceptors (Lipinski definition) is 4. The molecule has 0 aliphatic heterocycles. The molecule has 0 saturated heterocycles. The lowest BCUT2D eigenvalue weighted by Gasteiger charge is -2.19. The molecular formula is C14H18BNO4. The maximum absolute atomic E-state index is 12.2. The highest BCUT2D eigenvalue weighted by Crippen LogP contribution is 2.20. The van der Waals surface area contributed by atoms with Gasteiger partial charge in [0.1, 0.15) is 5.60 Å². The van der Waals surface area contributed by atoms with Crippen molar-refractivity contribution >= 4 is 29.6 Å². The average molecular weight is 275 g/mol. The van der Waals surface area contributed by atoms with Gasteiger partial charge in [-0.1, -0.05) is 12.1 Å². The van der Waals surface area contributed by atoms with Crippen molar-refractivity contribution < 1.29 is 19.6 Å². The van der Waals surface area contributed by atoms with Crippen molar-refractivity contribution in [2.24, 2.45) is 0 Å². The Morgan fingerprint density at radius 2 is 1.95 bits per heavy atom. The summed E-state index contributed by atoms with van der Waals surface area (Å²) in [5, 5.41) is 19.6. The molecule has 2 aromatic rings. The highest BCUT2D eigenvalue weighted by atomic mass is 16.6. The molecule has 0 aliphatic rings. The van der Waals surface area contributed by atoms with E-state index in [2.05, 4.69) is 0 Å². The quantitative estimate of drug-likeness (QED) is 0.772. The van der Waals surface area contributed by atoms with Gasteiger partial charge in [0.05, 0.1) is 5.52 Å². The molecule has 1 aromatic heterocycles. The molecule has 0 atom stereocenters. The summed E-state index contributed by atoms with van der Waals surface area (Å²) >= 11 is 0. The predicted molar refractivity (Wildman–Crippen MR) is 78.1 cm³/mol. The van der Waals surface area contributed by atoms with Gasteiger partial charge in [-0.15, -0.1) is 0 Å². The molecule has 5 nitrogen and oxygen atoms in total. The number of carbonyl (C=O) groups is 1. The first-order chi connectivity index (χ1) is 9.20. The molecule has 0 amide bonds. The molecule has 1 heterocycles. The minimum absolute atomic E-state index is 0.295. The number of nitrogens with zero attached hydrogens (tertiary/aromatic N) is 1. The van der Waals surface area contributed by atoms with Crippen LogP contribution in [0.2, 0.25) is 0 Å². The summed E-state index contributed by atoms with van der Waals surface area (Å²) in [6.07, 6.45) is 0.871. The first-order valence-corrected chi connectivity index (χ1v) is 6.41. The fraction of sp³-hybridized carbons (Fsp3) is 0.357. The zero-order chi connectivity index (χ0) is 15.1. The normalized spacial score (nSPS) is 11.7. The SMILES string of the molecule is Cc1cccc2c1c(B(O)O)cn2C(=O)OC(C)(C)C. The van der Waals surface area contributed by atoms with Gasteiger partial charge in [0.2, 0.25) is 0 Å². The third-order valence-electron chi connectivity index (χ3n) is 2.94. The summed E-state index contributed by atoms with van der Waals surface area (Å²) in [7, 11) is -1.64. The Hall–Kier alpha value is -1.79. The van der Waals surface area contributed by atoms with E-state index < -0.39 is 18.8 Å². The second-order valence-corrected chi connectivity index (χ2v) is 5.78. The van der Waals surface area contributed by atoms with Gasteiger partial charge < -0.3 is 14.8 Å². The van der Waals surface area contributed by atoms with Crippen molar-refractivity contribution in [3.63, 3.8) is 0 Å². The summed E-state index contributed by atoms with van der Waals surface area (Å²) < 4.78 is 6.63. The van der Waals surface area contributed by atoms with Crippen molar-refractivity contribution in [3.05, 3.63) is 30.0 Å². The number of carbonyl (C=O) groups excluding carboxylic acids is 1. The van der Waals surface area contributed by atoms with Crippen molar-refractivity contribution in [2.45, 2.75) is 33.3 Å². The average Bonchev–Trinajstić information content (AvgIpc) is 2.67. The number of benzene rings is 1. The third-order valence-corrected chi connectivity index (χ3v) is 2.94. The minimum atomic E-state index is -1.64. The van der Waals surface area contributed by atoms with Crippen molar-refractivity contribution in [3.8, 4) is 0 Å². The third kappa shape index (κ3) is 2.71. The minimum Gasteiger partial charge on any atom is -0.443 e. The van der Waals surface area contributed by atoms with E-state index in [0.717, 1.165) is 5.56 Å². The van der Waals surface area contributed by atoms with Crippen LogP contribution in [-0.2, 0) is 4.74 Å². The first-order valence-electron chi connectivity index (χ1n) is 6.41. The molecule has 20 heavy (non-hydrogen) atoms. The molecule has 0 radical (unpaired) electrons. The van der Waals surface area contributed by atoms with E-state index in [9.17, 15) is 14.8 Å². The smallest absolute Gasteiger partial charge is 0.443 e. The van der Waals surface area contributed by atoms with Crippen LogP contribution < -0.4 is 5.46 Å². The molecule has 6 heteroatoms. The highest BCUT2D eigenvalue weighted by molar-refractivity contribution is 6.62. The lowest BCUT2D eigenvalue weighted by atomic mass is 9.79. The van der Waals surface area contributed by atoms with Crippen molar-refractivity contribution in [2.75, 3.05) is 0 Å². The van der Waals surface area contributed by atoms with Crippen LogP contribution in [0.15, 0.2) is 24.4 Å². The maximum Gasteiger partial charge on any atom is 0.490 e. The molecule has 0 unspecified atom stereocenters. The van der Waals surface area contributed by atoms with Gasteiger partial charge in [0.25, 0.3) is 0 Å². The molecule has 0 bridgehead atoms. The largest absolute Gasteiger partial charge is 0.490 e. The van der Waals surface area contributed by atoms with E-state index in [0.29, 0.717) is 16.4 Å². The van der Waals surface area contributed by atoms with E-state index in [4.69, 9.17) is 4.74 Å². The van der Waals surface area contributed by atoms with Gasteiger partial charge in [-0.2, -0.15) is 0 Å². The van der Waals surface area contributed by atoms with Crippen LogP contribution in [0.3, 0.4) is 0 Å². The van der Waals surface area contributed by atoms with Gasteiger partial charge in [0.15, 0.2) is 0 Å². The van der Waals surface area contributed by atoms with Crippen LogP contribution in [0.25, 0.3) is 10.9 Å². The van der Waals surface area contributed by atoms with Crippen LogP contribution in [0.4, 0.5) is 4.79 Å². The van der Waals surface area contributed by atoms with E-state index in [1.807, 2.05) is 19.1 Å². The van der Waals surface area contributed by atoms with E-state index in [-0.39, 0.29) is 0 Å². The van der Waals surface area contributed by atoms with Crippen LogP contribution in [0, 0.1) is 6.92 Å².